The average Bonchev–Trinajstić information content (AvgIpc) is 2.78. The zero-order chi connectivity index (χ0) is 16.6. The number of carbonyl (C=O) groups is 1. The van der Waals surface area contributed by atoms with Gasteiger partial charge in [0.2, 0.25) is 0 Å². The molecule has 122 valence electrons. The van der Waals surface area contributed by atoms with Crippen LogP contribution in [0.2, 0.25) is 0 Å². The number of aliphatic hydroxyl groups excluding tert-OH is 1. The molecule has 2 aromatic rings. The third-order valence-electron chi connectivity index (χ3n) is 4.93. The van der Waals surface area contributed by atoms with Gasteiger partial charge in [-0.25, -0.2) is 0 Å². The molecule has 1 saturated carbocycles. The second kappa shape index (κ2) is 6.16. The summed E-state index contributed by atoms with van der Waals surface area (Å²) in [6.07, 6.45) is 2.88. The molecule has 0 saturated heterocycles. The molecular formula is C18H23N3O2. The zero-order valence-corrected chi connectivity index (χ0v) is 13.8. The van der Waals surface area contributed by atoms with Crippen molar-refractivity contribution in [3.8, 4) is 0 Å². The van der Waals surface area contributed by atoms with Gasteiger partial charge < -0.3 is 15.0 Å². The van der Waals surface area contributed by atoms with E-state index in [1.165, 1.54) is 0 Å². The molecule has 5 nitrogen and oxygen atoms in total. The molecule has 1 aliphatic carbocycles. The number of carbonyl (C=O) groups excluding carboxylic acids is 1. The van der Waals surface area contributed by atoms with Gasteiger partial charge in [-0.2, -0.15) is 0 Å². The summed E-state index contributed by atoms with van der Waals surface area (Å²) in [5.74, 6) is 0.150. The van der Waals surface area contributed by atoms with E-state index >= 15 is 0 Å². The lowest BCUT2D eigenvalue weighted by Crippen LogP contribution is -2.41. The summed E-state index contributed by atoms with van der Waals surface area (Å²) in [6.45, 7) is 3.94. The predicted molar refractivity (Wildman–Crippen MR) is 88.1 cm³/mol. The summed E-state index contributed by atoms with van der Waals surface area (Å²) in [6, 6.07) is 7.47. The lowest BCUT2D eigenvalue weighted by Gasteiger charge is -2.37. The van der Waals surface area contributed by atoms with Crippen LogP contribution >= 0.6 is 0 Å². The summed E-state index contributed by atoms with van der Waals surface area (Å²) in [5.41, 5.74) is 3.56. The molecule has 0 radical (unpaired) electrons. The smallest absolute Gasteiger partial charge is 0.253 e. The number of amides is 1. The largest absolute Gasteiger partial charge is 0.393 e. The topological polar surface area (TPSA) is 67.2 Å². The average molecular weight is 313 g/mol. The van der Waals surface area contributed by atoms with E-state index in [4.69, 9.17) is 0 Å². The van der Waals surface area contributed by atoms with E-state index in [-0.39, 0.29) is 24.0 Å². The lowest BCUT2D eigenvalue weighted by atomic mass is 9.76. The van der Waals surface area contributed by atoms with Gasteiger partial charge in [-0.1, -0.05) is 6.07 Å². The highest BCUT2D eigenvalue weighted by molar-refractivity contribution is 5.96. The first-order valence-corrected chi connectivity index (χ1v) is 8.00. The number of hydrogen-bond donors (Lipinski definition) is 2. The van der Waals surface area contributed by atoms with Gasteiger partial charge in [0, 0.05) is 24.6 Å². The normalized spacial score (nSPS) is 21.6. The number of hydrogen-bond acceptors (Lipinski definition) is 3. The van der Waals surface area contributed by atoms with E-state index in [1.807, 2.05) is 49.7 Å². The minimum absolute atomic E-state index is 0.0803. The lowest BCUT2D eigenvalue weighted by molar-refractivity contribution is 0.0228. The molecule has 1 amide bonds. The highest BCUT2D eigenvalue weighted by Crippen LogP contribution is 2.37. The van der Waals surface area contributed by atoms with Crippen molar-refractivity contribution < 1.29 is 9.90 Å². The molecule has 23 heavy (non-hydrogen) atoms. The number of aromatic nitrogens is 2. The molecule has 1 atom stereocenters. The van der Waals surface area contributed by atoms with Crippen LogP contribution < -0.4 is 5.32 Å². The Labute approximate surface area is 136 Å². The van der Waals surface area contributed by atoms with Crippen molar-refractivity contribution in [1.29, 1.82) is 0 Å². The van der Waals surface area contributed by atoms with Crippen molar-refractivity contribution >= 4 is 5.91 Å². The van der Waals surface area contributed by atoms with Crippen LogP contribution in [0.4, 0.5) is 0 Å². The molecule has 0 aliphatic heterocycles. The van der Waals surface area contributed by atoms with E-state index in [2.05, 4.69) is 10.3 Å². The minimum Gasteiger partial charge on any atom is -0.393 e. The Morgan fingerprint density at radius 3 is 2.65 bits per heavy atom. The Morgan fingerprint density at radius 1 is 1.39 bits per heavy atom. The standard InChI is InChI=1S/C18H23N3O2/c1-11-8-15(12(2)21(11)3)18(23)20-17(13-9-14(22)10-13)16-6-4-5-7-19-16/h4-8,13-14,17,22H,9-10H2,1-3H3,(H,20,23)/t13?,14?,17-/m0/s1. The van der Waals surface area contributed by atoms with E-state index in [0.717, 1.165) is 17.1 Å². The van der Waals surface area contributed by atoms with Crippen LogP contribution in [-0.4, -0.2) is 26.7 Å². The van der Waals surface area contributed by atoms with Gasteiger partial charge >= 0.3 is 0 Å². The fraction of sp³-hybridized carbons (Fsp3) is 0.444. The van der Waals surface area contributed by atoms with Gasteiger partial charge in [-0.05, 0) is 50.8 Å². The molecule has 1 fully saturated rings. The van der Waals surface area contributed by atoms with Crippen molar-refractivity contribution in [3.05, 3.63) is 53.1 Å². The van der Waals surface area contributed by atoms with Crippen LogP contribution in [0.3, 0.4) is 0 Å². The highest BCUT2D eigenvalue weighted by atomic mass is 16.3. The van der Waals surface area contributed by atoms with Crippen molar-refractivity contribution in [2.24, 2.45) is 13.0 Å². The maximum atomic E-state index is 12.7. The van der Waals surface area contributed by atoms with Crippen molar-refractivity contribution in [2.45, 2.75) is 38.8 Å². The predicted octanol–water partition coefficient (Wildman–Crippen LogP) is 2.28. The third-order valence-corrected chi connectivity index (χ3v) is 4.93. The summed E-state index contributed by atoms with van der Waals surface area (Å²) < 4.78 is 2.01. The van der Waals surface area contributed by atoms with Crippen molar-refractivity contribution in [3.63, 3.8) is 0 Å². The van der Waals surface area contributed by atoms with Gasteiger partial charge in [-0.3, -0.25) is 9.78 Å². The molecule has 3 rings (SSSR count). The fourth-order valence-corrected chi connectivity index (χ4v) is 3.20. The van der Waals surface area contributed by atoms with E-state index in [0.29, 0.717) is 18.4 Å². The van der Waals surface area contributed by atoms with E-state index in [9.17, 15) is 9.90 Å². The molecule has 0 unspecified atom stereocenters. The molecular weight excluding hydrogens is 290 g/mol. The molecule has 2 heterocycles. The molecule has 0 spiro atoms. The van der Waals surface area contributed by atoms with Crippen LogP contribution in [0.5, 0.6) is 0 Å². The summed E-state index contributed by atoms with van der Waals surface area (Å²) in [4.78, 5) is 17.1. The Morgan fingerprint density at radius 2 is 2.13 bits per heavy atom. The number of aliphatic hydroxyl groups is 1. The second-order valence-electron chi connectivity index (χ2n) is 6.43. The van der Waals surface area contributed by atoms with Crippen LogP contribution in [-0.2, 0) is 7.05 Å². The maximum Gasteiger partial charge on any atom is 0.253 e. The van der Waals surface area contributed by atoms with E-state index < -0.39 is 0 Å². The van der Waals surface area contributed by atoms with Gasteiger partial charge in [0.05, 0.1) is 23.4 Å². The first kappa shape index (κ1) is 15.7. The van der Waals surface area contributed by atoms with Crippen LogP contribution in [0, 0.1) is 19.8 Å². The van der Waals surface area contributed by atoms with Crippen LogP contribution in [0.15, 0.2) is 30.5 Å². The fourth-order valence-electron chi connectivity index (χ4n) is 3.20. The number of rotatable bonds is 4. The molecule has 0 aromatic carbocycles. The van der Waals surface area contributed by atoms with Crippen molar-refractivity contribution in [2.75, 3.05) is 0 Å². The van der Waals surface area contributed by atoms with Gasteiger partial charge in [0.1, 0.15) is 0 Å². The summed E-state index contributed by atoms with van der Waals surface area (Å²) in [5, 5.41) is 12.7. The number of aryl methyl sites for hydroxylation is 1. The minimum atomic E-state index is -0.260. The third kappa shape index (κ3) is 3.01. The van der Waals surface area contributed by atoms with Gasteiger partial charge in [0.25, 0.3) is 5.91 Å². The number of pyridine rings is 1. The highest BCUT2D eigenvalue weighted by Gasteiger charge is 2.36. The van der Waals surface area contributed by atoms with Crippen LogP contribution in [0.1, 0.15) is 46.3 Å². The quantitative estimate of drug-likeness (QED) is 0.910. The monoisotopic (exact) mass is 313 g/mol. The molecule has 2 N–H and O–H groups in total. The molecule has 5 heteroatoms. The maximum absolute atomic E-state index is 12.7. The molecule has 1 aliphatic rings. The molecule has 0 bridgehead atoms. The Balaban J connectivity index is 1.83. The zero-order valence-electron chi connectivity index (χ0n) is 13.8. The van der Waals surface area contributed by atoms with E-state index in [1.54, 1.807) is 6.20 Å². The number of nitrogens with one attached hydrogen (secondary N) is 1. The first-order chi connectivity index (χ1) is 11.0. The van der Waals surface area contributed by atoms with Crippen LogP contribution in [0.25, 0.3) is 0 Å². The van der Waals surface area contributed by atoms with Gasteiger partial charge in [0.15, 0.2) is 0 Å². The molecule has 2 aromatic heterocycles. The second-order valence-corrected chi connectivity index (χ2v) is 6.43. The summed E-state index contributed by atoms with van der Waals surface area (Å²) >= 11 is 0. The summed E-state index contributed by atoms with van der Waals surface area (Å²) in [7, 11) is 1.96. The Hall–Kier alpha value is -2.14. The Kier molecular flexibility index (Phi) is 4.22. The SMILES string of the molecule is Cc1cc(C(=O)N[C@H](c2ccccn2)C2CC(O)C2)c(C)n1C. The first-order valence-electron chi connectivity index (χ1n) is 8.00. The Bertz CT molecular complexity index is 703. The number of nitrogens with zero attached hydrogens (tertiary/aromatic N) is 2. The van der Waals surface area contributed by atoms with Crippen molar-refractivity contribution in [1.82, 2.24) is 14.9 Å². The van der Waals surface area contributed by atoms with Gasteiger partial charge in [-0.15, -0.1) is 0 Å².